The smallest absolute Gasteiger partial charge is 0.0896 e. The number of rotatable bonds is 3. The lowest BCUT2D eigenvalue weighted by molar-refractivity contribution is 0.606. The molecule has 0 aliphatic rings. The third kappa shape index (κ3) is 1.95. The van der Waals surface area contributed by atoms with Gasteiger partial charge in [-0.2, -0.15) is 10.2 Å². The first-order chi connectivity index (χ1) is 9.22. The van der Waals surface area contributed by atoms with E-state index in [9.17, 15) is 0 Å². The molecule has 3 aromatic rings. The number of nitrogens with one attached hydrogen (secondary N) is 1. The topological polar surface area (TPSA) is 60.0 Å². The zero-order valence-corrected chi connectivity index (χ0v) is 12.2. The Hall–Kier alpha value is -1.73. The van der Waals surface area contributed by atoms with E-state index in [1.54, 1.807) is 12.4 Å². The molecule has 0 bridgehead atoms. The van der Waals surface area contributed by atoms with Gasteiger partial charge in [0.05, 0.1) is 40.3 Å². The molecule has 1 unspecified atom stereocenters. The lowest BCUT2D eigenvalue weighted by atomic mass is 10.1. The fourth-order valence-corrected chi connectivity index (χ4v) is 2.84. The Morgan fingerprint density at radius 3 is 2.79 bits per heavy atom. The van der Waals surface area contributed by atoms with Crippen LogP contribution >= 0.6 is 15.9 Å². The molecular formula is C12H13BrN6. The minimum absolute atomic E-state index is 0.00331. The maximum Gasteiger partial charge on any atom is 0.0896 e. The van der Waals surface area contributed by atoms with Crippen molar-refractivity contribution in [3.05, 3.63) is 46.7 Å². The summed E-state index contributed by atoms with van der Waals surface area (Å²) in [6.07, 6.45) is 9.03. The highest BCUT2D eigenvalue weighted by Gasteiger charge is 2.22. The lowest BCUT2D eigenvalue weighted by Crippen LogP contribution is -2.21. The highest BCUT2D eigenvalue weighted by atomic mass is 79.9. The van der Waals surface area contributed by atoms with Crippen LogP contribution in [0.2, 0.25) is 0 Å². The Kier molecular flexibility index (Phi) is 3.08. The summed E-state index contributed by atoms with van der Waals surface area (Å²) in [4.78, 5) is 4.17. The second-order valence-corrected chi connectivity index (χ2v) is 5.08. The van der Waals surface area contributed by atoms with Crippen LogP contribution in [0.1, 0.15) is 17.3 Å². The van der Waals surface area contributed by atoms with E-state index in [2.05, 4.69) is 36.4 Å². The van der Waals surface area contributed by atoms with E-state index in [-0.39, 0.29) is 6.04 Å². The standard InChI is InChI=1S/C12H13BrN6/c1-14-11(12-9(13)6-16-18(12)2)8-5-17-19-4-3-15-7-10(8)19/h3-7,11,14H,1-2H3. The monoisotopic (exact) mass is 320 g/mol. The predicted octanol–water partition coefficient (Wildman–Crippen LogP) is 1.53. The third-order valence-electron chi connectivity index (χ3n) is 3.17. The number of halogens is 1. The van der Waals surface area contributed by atoms with E-state index in [0.29, 0.717) is 0 Å². The van der Waals surface area contributed by atoms with E-state index in [4.69, 9.17) is 0 Å². The summed E-state index contributed by atoms with van der Waals surface area (Å²) < 4.78 is 4.64. The predicted molar refractivity (Wildman–Crippen MR) is 74.8 cm³/mol. The quantitative estimate of drug-likeness (QED) is 0.795. The van der Waals surface area contributed by atoms with Crippen LogP contribution in [0.25, 0.3) is 5.52 Å². The molecule has 0 aromatic carbocycles. The van der Waals surface area contributed by atoms with Crippen molar-refractivity contribution in [1.82, 2.24) is 29.7 Å². The number of nitrogens with zero attached hydrogens (tertiary/aromatic N) is 5. The maximum absolute atomic E-state index is 4.35. The molecule has 19 heavy (non-hydrogen) atoms. The van der Waals surface area contributed by atoms with Gasteiger partial charge in [0, 0.05) is 25.0 Å². The molecule has 3 heterocycles. The van der Waals surface area contributed by atoms with Crippen molar-refractivity contribution in [3.8, 4) is 0 Å². The molecule has 0 saturated carbocycles. The molecule has 3 aromatic heterocycles. The molecule has 0 aliphatic heterocycles. The summed E-state index contributed by atoms with van der Waals surface area (Å²) in [5.74, 6) is 0. The second-order valence-electron chi connectivity index (χ2n) is 4.23. The Labute approximate surface area is 118 Å². The summed E-state index contributed by atoms with van der Waals surface area (Å²) >= 11 is 3.54. The maximum atomic E-state index is 4.35. The van der Waals surface area contributed by atoms with Gasteiger partial charge in [-0.1, -0.05) is 0 Å². The number of fused-ring (bicyclic) bond motifs is 1. The number of hydrogen-bond donors (Lipinski definition) is 1. The van der Waals surface area contributed by atoms with E-state index in [0.717, 1.165) is 21.2 Å². The van der Waals surface area contributed by atoms with Gasteiger partial charge in [-0.25, -0.2) is 4.52 Å². The van der Waals surface area contributed by atoms with Gasteiger partial charge in [0.2, 0.25) is 0 Å². The van der Waals surface area contributed by atoms with Gasteiger partial charge in [-0.05, 0) is 23.0 Å². The van der Waals surface area contributed by atoms with Crippen molar-refractivity contribution < 1.29 is 0 Å². The van der Waals surface area contributed by atoms with Crippen LogP contribution in [0, 0.1) is 0 Å². The van der Waals surface area contributed by atoms with Crippen molar-refractivity contribution in [3.63, 3.8) is 0 Å². The summed E-state index contributed by atoms with van der Waals surface area (Å²) in [6.45, 7) is 0. The van der Waals surface area contributed by atoms with Crippen LogP contribution in [0.5, 0.6) is 0 Å². The first-order valence-electron chi connectivity index (χ1n) is 5.84. The van der Waals surface area contributed by atoms with Gasteiger partial charge in [-0.3, -0.25) is 9.67 Å². The van der Waals surface area contributed by atoms with Crippen LogP contribution in [-0.4, -0.2) is 31.4 Å². The van der Waals surface area contributed by atoms with Crippen molar-refractivity contribution in [1.29, 1.82) is 0 Å². The zero-order chi connectivity index (χ0) is 13.4. The van der Waals surface area contributed by atoms with Crippen molar-refractivity contribution >= 4 is 21.4 Å². The van der Waals surface area contributed by atoms with Gasteiger partial charge >= 0.3 is 0 Å². The SMILES string of the molecule is CNC(c1cnn2ccncc12)c1c(Br)cnn1C. The number of aryl methyl sites for hydroxylation is 1. The summed E-state index contributed by atoms with van der Waals surface area (Å²) in [5, 5.41) is 11.9. The number of hydrogen-bond acceptors (Lipinski definition) is 4. The molecule has 0 spiro atoms. The normalized spacial score (nSPS) is 13.0. The fourth-order valence-electron chi connectivity index (χ4n) is 2.26. The second kappa shape index (κ2) is 4.75. The van der Waals surface area contributed by atoms with Crippen LogP contribution in [0.4, 0.5) is 0 Å². The molecule has 3 rings (SSSR count). The molecule has 0 aliphatic carbocycles. The van der Waals surface area contributed by atoms with Crippen LogP contribution in [0.15, 0.2) is 35.5 Å². The molecule has 0 saturated heterocycles. The van der Waals surface area contributed by atoms with E-state index < -0.39 is 0 Å². The average molecular weight is 321 g/mol. The molecule has 0 fully saturated rings. The van der Waals surface area contributed by atoms with Crippen molar-refractivity contribution in [2.75, 3.05) is 7.05 Å². The van der Waals surface area contributed by atoms with E-state index in [1.807, 2.05) is 41.9 Å². The Morgan fingerprint density at radius 1 is 1.26 bits per heavy atom. The summed E-state index contributed by atoms with van der Waals surface area (Å²) in [5.41, 5.74) is 3.11. The first kappa shape index (κ1) is 12.3. The van der Waals surface area contributed by atoms with Gasteiger partial charge in [0.15, 0.2) is 0 Å². The lowest BCUT2D eigenvalue weighted by Gasteiger charge is -2.16. The van der Waals surface area contributed by atoms with E-state index in [1.165, 1.54) is 0 Å². The van der Waals surface area contributed by atoms with Crippen molar-refractivity contribution in [2.24, 2.45) is 7.05 Å². The summed E-state index contributed by atoms with van der Waals surface area (Å²) in [6, 6.07) is 0.00331. The number of aromatic nitrogens is 5. The highest BCUT2D eigenvalue weighted by molar-refractivity contribution is 9.10. The molecule has 0 amide bonds. The largest absolute Gasteiger partial charge is 0.308 e. The van der Waals surface area contributed by atoms with Gasteiger partial charge in [0.1, 0.15) is 0 Å². The summed E-state index contributed by atoms with van der Waals surface area (Å²) in [7, 11) is 3.85. The van der Waals surface area contributed by atoms with Crippen molar-refractivity contribution in [2.45, 2.75) is 6.04 Å². The Balaban J connectivity index is 2.18. The van der Waals surface area contributed by atoms with Gasteiger partial charge in [0.25, 0.3) is 0 Å². The zero-order valence-electron chi connectivity index (χ0n) is 10.6. The van der Waals surface area contributed by atoms with Gasteiger partial charge in [-0.15, -0.1) is 0 Å². The molecule has 1 atom stereocenters. The Bertz CT molecular complexity index is 696. The third-order valence-corrected chi connectivity index (χ3v) is 3.78. The molecule has 6 nitrogen and oxygen atoms in total. The first-order valence-corrected chi connectivity index (χ1v) is 6.63. The Morgan fingerprint density at radius 2 is 2.11 bits per heavy atom. The molecular weight excluding hydrogens is 308 g/mol. The van der Waals surface area contributed by atoms with Crippen LogP contribution < -0.4 is 5.32 Å². The minimum atomic E-state index is 0.00331. The minimum Gasteiger partial charge on any atom is -0.308 e. The molecule has 1 N–H and O–H groups in total. The van der Waals surface area contributed by atoms with Crippen LogP contribution in [-0.2, 0) is 7.05 Å². The molecule has 0 radical (unpaired) electrons. The van der Waals surface area contributed by atoms with Gasteiger partial charge < -0.3 is 5.32 Å². The van der Waals surface area contributed by atoms with Crippen LogP contribution in [0.3, 0.4) is 0 Å². The average Bonchev–Trinajstić information content (AvgIpc) is 2.98. The fraction of sp³-hybridized carbons (Fsp3) is 0.250. The van der Waals surface area contributed by atoms with E-state index >= 15 is 0 Å². The highest BCUT2D eigenvalue weighted by Crippen LogP contribution is 2.29. The molecule has 98 valence electrons. The molecule has 7 heteroatoms.